The third kappa shape index (κ3) is 8.09. The monoisotopic (exact) mass is 557 g/mol. The Balaban J connectivity index is 0.000000505. The molecular weight excluding hydrogens is 527 g/mol. The normalized spacial score (nSPS) is 18.4. The van der Waals surface area contributed by atoms with Gasteiger partial charge in [-0.25, -0.2) is 18.0 Å². The van der Waals surface area contributed by atoms with Crippen LogP contribution in [0.15, 0.2) is 53.4 Å². The number of carboxylic acid groups (broad SMARTS) is 2. The van der Waals surface area contributed by atoms with Crippen molar-refractivity contribution in [3.63, 3.8) is 0 Å². The molecule has 0 bridgehead atoms. The van der Waals surface area contributed by atoms with Crippen LogP contribution in [0.2, 0.25) is 0 Å². The summed E-state index contributed by atoms with van der Waals surface area (Å²) in [6.07, 6.45) is -0.369. The number of likely N-dealkylation sites (tertiary alicyclic amines) is 1. The Kier molecular flexibility index (Phi) is 9.60. The van der Waals surface area contributed by atoms with Gasteiger partial charge in [-0.1, -0.05) is 18.2 Å². The molecule has 3 N–H and O–H groups in total. The molecule has 13 heteroatoms. The molecule has 2 saturated heterocycles. The van der Waals surface area contributed by atoms with Crippen molar-refractivity contribution in [1.82, 2.24) is 4.90 Å². The lowest BCUT2D eigenvalue weighted by molar-refractivity contribution is -0.192. The summed E-state index contributed by atoms with van der Waals surface area (Å²) in [7, 11) is -3.83. The Morgan fingerprint density at radius 2 is 1.61 bits per heavy atom. The topological polar surface area (TPSA) is 127 Å². The fourth-order valence-corrected chi connectivity index (χ4v) is 5.68. The lowest BCUT2D eigenvalue weighted by Crippen LogP contribution is -2.40. The summed E-state index contributed by atoms with van der Waals surface area (Å²) in [4.78, 5) is 25.3. The van der Waals surface area contributed by atoms with Gasteiger partial charge in [-0.05, 0) is 75.0 Å². The largest absolute Gasteiger partial charge is 0.490 e. The van der Waals surface area contributed by atoms with E-state index in [0.29, 0.717) is 11.6 Å². The molecule has 0 aromatic heterocycles. The van der Waals surface area contributed by atoms with E-state index in [1.54, 1.807) is 30.3 Å². The predicted molar refractivity (Wildman–Crippen MR) is 135 cm³/mol. The molecule has 2 aromatic carbocycles. The van der Waals surface area contributed by atoms with Crippen LogP contribution in [0.4, 0.5) is 24.5 Å². The third-order valence-electron chi connectivity index (χ3n) is 6.36. The molecule has 38 heavy (non-hydrogen) atoms. The number of anilines is 2. The maximum atomic E-state index is 12.9. The Labute approximate surface area is 218 Å². The minimum atomic E-state index is -5.08. The van der Waals surface area contributed by atoms with Crippen LogP contribution < -0.4 is 9.62 Å². The van der Waals surface area contributed by atoms with Crippen molar-refractivity contribution in [1.29, 1.82) is 0 Å². The smallest absolute Gasteiger partial charge is 0.478 e. The highest BCUT2D eigenvalue weighted by Gasteiger charge is 2.38. The van der Waals surface area contributed by atoms with Gasteiger partial charge >= 0.3 is 18.1 Å². The van der Waals surface area contributed by atoms with Crippen LogP contribution in [-0.4, -0.2) is 74.4 Å². The molecule has 4 rings (SSSR count). The van der Waals surface area contributed by atoms with Gasteiger partial charge in [0.05, 0.1) is 21.8 Å². The number of carboxylic acids is 2. The van der Waals surface area contributed by atoms with E-state index in [1.807, 2.05) is 0 Å². The highest BCUT2D eigenvalue weighted by molar-refractivity contribution is 7.92. The Hall–Kier alpha value is -3.32. The van der Waals surface area contributed by atoms with Crippen molar-refractivity contribution in [2.24, 2.45) is 5.92 Å². The number of halogens is 3. The minimum absolute atomic E-state index is 0.0557. The lowest BCUT2D eigenvalue weighted by Gasteiger charge is -2.37. The number of alkyl halides is 3. The van der Waals surface area contributed by atoms with Crippen LogP contribution >= 0.6 is 0 Å². The van der Waals surface area contributed by atoms with Crippen LogP contribution in [0.25, 0.3) is 0 Å². The molecule has 1 unspecified atom stereocenters. The van der Waals surface area contributed by atoms with Gasteiger partial charge in [-0.15, -0.1) is 0 Å². The summed E-state index contributed by atoms with van der Waals surface area (Å²) in [6.45, 7) is 5.04. The molecule has 2 aliphatic rings. The predicted octanol–water partition coefficient (Wildman–Crippen LogP) is 4.13. The number of aliphatic carboxylic acids is 1. The van der Waals surface area contributed by atoms with Crippen molar-refractivity contribution in [2.45, 2.75) is 36.8 Å². The third-order valence-corrected chi connectivity index (χ3v) is 7.74. The molecule has 0 spiro atoms. The van der Waals surface area contributed by atoms with E-state index >= 15 is 0 Å². The first-order valence-electron chi connectivity index (χ1n) is 12.1. The summed E-state index contributed by atoms with van der Waals surface area (Å²) >= 11 is 0. The van der Waals surface area contributed by atoms with Gasteiger partial charge in [0, 0.05) is 19.6 Å². The number of aromatic carboxylic acids is 1. The van der Waals surface area contributed by atoms with Crippen molar-refractivity contribution in [3.8, 4) is 0 Å². The molecule has 2 aromatic rings. The summed E-state index contributed by atoms with van der Waals surface area (Å²) < 4.78 is 60.2. The zero-order valence-corrected chi connectivity index (χ0v) is 21.3. The lowest BCUT2D eigenvalue weighted by atomic mass is 9.96. The highest BCUT2D eigenvalue weighted by Crippen LogP contribution is 2.33. The van der Waals surface area contributed by atoms with Crippen molar-refractivity contribution in [2.75, 3.05) is 42.3 Å². The molecule has 2 fully saturated rings. The number of piperidine rings is 1. The average molecular weight is 558 g/mol. The number of hydrogen-bond donors (Lipinski definition) is 3. The maximum Gasteiger partial charge on any atom is 0.490 e. The van der Waals surface area contributed by atoms with Crippen molar-refractivity contribution >= 4 is 33.3 Å². The quantitative estimate of drug-likeness (QED) is 0.464. The molecule has 2 heterocycles. The molecule has 1 atom stereocenters. The first-order chi connectivity index (χ1) is 17.9. The van der Waals surface area contributed by atoms with Gasteiger partial charge in [-0.2, -0.15) is 13.2 Å². The van der Waals surface area contributed by atoms with Gasteiger partial charge in [0.2, 0.25) is 0 Å². The molecule has 0 saturated carbocycles. The van der Waals surface area contributed by atoms with Gasteiger partial charge in [-0.3, -0.25) is 4.72 Å². The number of sulfonamides is 1. The molecular formula is C25H30F3N3O6S. The van der Waals surface area contributed by atoms with E-state index in [9.17, 15) is 31.5 Å². The molecule has 0 amide bonds. The fourth-order valence-electron chi connectivity index (χ4n) is 4.59. The van der Waals surface area contributed by atoms with Crippen molar-refractivity contribution in [3.05, 3.63) is 54.1 Å². The van der Waals surface area contributed by atoms with E-state index in [4.69, 9.17) is 9.90 Å². The zero-order chi connectivity index (χ0) is 27.9. The number of nitrogens with one attached hydrogen (secondary N) is 1. The van der Waals surface area contributed by atoms with Gasteiger partial charge in [0.1, 0.15) is 0 Å². The maximum absolute atomic E-state index is 12.9. The molecule has 9 nitrogen and oxygen atoms in total. The number of carbonyl (C=O) groups is 2. The number of hydrogen-bond acceptors (Lipinski definition) is 6. The van der Waals surface area contributed by atoms with Crippen LogP contribution in [0, 0.1) is 5.92 Å². The summed E-state index contributed by atoms with van der Waals surface area (Å²) in [5.74, 6) is -3.32. The first kappa shape index (κ1) is 29.2. The Bertz CT molecular complexity index is 1220. The van der Waals surface area contributed by atoms with Gasteiger partial charge in [0.25, 0.3) is 10.0 Å². The highest BCUT2D eigenvalue weighted by atomic mass is 32.2. The summed E-state index contributed by atoms with van der Waals surface area (Å²) in [5.41, 5.74) is 1.10. The standard InChI is InChI=1S/C23H29N3O4S.C2HF3O2/c27-23(28)19-10-11-22(21(15-19)24-31(29,30)20-8-2-1-3-9-20)26-14-6-7-18(17-26)16-25-12-4-5-13-25;3-2(4,5)1(6)7/h1-3,8-11,15,18,24H,4-7,12-14,16-17H2,(H,27,28);(H,6,7). The molecule has 2 aliphatic heterocycles. The fraction of sp³-hybridized carbons (Fsp3) is 0.440. The summed E-state index contributed by atoms with van der Waals surface area (Å²) in [5, 5.41) is 16.6. The second kappa shape index (κ2) is 12.5. The zero-order valence-electron chi connectivity index (χ0n) is 20.5. The SMILES string of the molecule is O=C(O)C(F)(F)F.O=C(O)c1ccc(N2CCCC(CN3CCCC3)C2)c(NS(=O)(=O)c2ccccc2)c1. The minimum Gasteiger partial charge on any atom is -0.478 e. The van der Waals surface area contributed by atoms with Crippen molar-refractivity contribution < 1.29 is 41.4 Å². The second-order valence-corrected chi connectivity index (χ2v) is 10.9. The molecule has 0 aliphatic carbocycles. The van der Waals surface area contributed by atoms with E-state index in [2.05, 4.69) is 14.5 Å². The number of nitrogens with zero attached hydrogens (tertiary/aromatic N) is 2. The second-order valence-electron chi connectivity index (χ2n) is 9.22. The molecule has 0 radical (unpaired) electrons. The van der Waals surface area contributed by atoms with E-state index in [1.165, 1.54) is 31.0 Å². The average Bonchev–Trinajstić information content (AvgIpc) is 3.37. The van der Waals surface area contributed by atoms with Gasteiger partial charge < -0.3 is 20.0 Å². The Morgan fingerprint density at radius 1 is 0.974 bits per heavy atom. The number of benzene rings is 2. The van der Waals surface area contributed by atoms with Crippen LogP contribution in [0.3, 0.4) is 0 Å². The summed E-state index contributed by atoms with van der Waals surface area (Å²) in [6, 6.07) is 12.8. The van der Waals surface area contributed by atoms with Gasteiger partial charge in [0.15, 0.2) is 0 Å². The van der Waals surface area contributed by atoms with Crippen LogP contribution in [0.5, 0.6) is 0 Å². The Morgan fingerprint density at radius 3 is 2.18 bits per heavy atom. The molecule has 208 valence electrons. The van der Waals surface area contributed by atoms with E-state index in [0.717, 1.165) is 51.3 Å². The first-order valence-corrected chi connectivity index (χ1v) is 13.6. The number of rotatable bonds is 7. The van der Waals surface area contributed by atoms with E-state index in [-0.39, 0.29) is 10.5 Å². The van der Waals surface area contributed by atoms with Crippen LogP contribution in [-0.2, 0) is 14.8 Å². The van der Waals surface area contributed by atoms with Crippen LogP contribution in [0.1, 0.15) is 36.0 Å². The van der Waals surface area contributed by atoms with E-state index < -0.39 is 28.1 Å².